The van der Waals surface area contributed by atoms with Crippen LogP contribution in [0.15, 0.2) is 30.5 Å². The molecule has 17 heavy (non-hydrogen) atoms. The van der Waals surface area contributed by atoms with Gasteiger partial charge in [-0.3, -0.25) is 0 Å². The highest BCUT2D eigenvalue weighted by atomic mass is 19.1. The Bertz CT molecular complexity index is 550. The number of aliphatic hydroxyl groups excluding tert-OH is 1. The number of aliphatic hydroxyl groups is 1. The minimum absolute atomic E-state index is 0.280. The third-order valence-corrected chi connectivity index (χ3v) is 3.13. The number of fused-ring (bicyclic) bond motifs is 1. The molecule has 1 atom stereocenters. The van der Waals surface area contributed by atoms with Gasteiger partial charge in [-0.15, -0.1) is 0 Å². The molecular formula is C13H13FN2O. The second-order valence-corrected chi connectivity index (χ2v) is 4.32. The van der Waals surface area contributed by atoms with Crippen LogP contribution in [0.1, 0.15) is 24.8 Å². The van der Waals surface area contributed by atoms with E-state index in [0.717, 1.165) is 19.4 Å². The molecule has 0 unspecified atom stereocenters. The number of hydrogen-bond acceptors (Lipinski definition) is 2. The molecule has 1 N–H and O–H groups in total. The van der Waals surface area contributed by atoms with Crippen LogP contribution in [0, 0.1) is 5.82 Å². The van der Waals surface area contributed by atoms with E-state index in [2.05, 4.69) is 4.98 Å². The Kier molecular flexibility index (Phi) is 2.44. The molecule has 0 radical (unpaired) electrons. The quantitative estimate of drug-likeness (QED) is 0.820. The number of imidazole rings is 1. The van der Waals surface area contributed by atoms with Crippen LogP contribution in [-0.2, 0) is 6.54 Å². The zero-order chi connectivity index (χ0) is 11.8. The first kappa shape index (κ1) is 10.5. The molecule has 0 saturated carbocycles. The summed E-state index contributed by atoms with van der Waals surface area (Å²) in [6.45, 7) is 0.841. The minimum Gasteiger partial charge on any atom is -0.385 e. The first-order valence-electron chi connectivity index (χ1n) is 5.76. The maximum atomic E-state index is 13.6. The van der Waals surface area contributed by atoms with E-state index in [1.54, 1.807) is 18.2 Å². The van der Waals surface area contributed by atoms with E-state index < -0.39 is 6.10 Å². The zero-order valence-electron chi connectivity index (χ0n) is 9.31. The number of nitrogens with zero attached hydrogens (tertiary/aromatic N) is 2. The highest BCUT2D eigenvalue weighted by Gasteiger charge is 2.21. The molecule has 1 aliphatic rings. The fourth-order valence-electron chi connectivity index (χ4n) is 2.26. The summed E-state index contributed by atoms with van der Waals surface area (Å²) in [7, 11) is 0. The van der Waals surface area contributed by atoms with Crippen LogP contribution in [-0.4, -0.2) is 14.7 Å². The van der Waals surface area contributed by atoms with E-state index in [0.29, 0.717) is 17.1 Å². The second kappa shape index (κ2) is 3.96. The largest absolute Gasteiger partial charge is 0.385 e. The molecule has 4 heteroatoms. The summed E-state index contributed by atoms with van der Waals surface area (Å²) >= 11 is 0. The van der Waals surface area contributed by atoms with Crippen molar-refractivity contribution in [3.8, 4) is 11.3 Å². The van der Waals surface area contributed by atoms with E-state index >= 15 is 0 Å². The van der Waals surface area contributed by atoms with Crippen molar-refractivity contribution < 1.29 is 9.50 Å². The van der Waals surface area contributed by atoms with Gasteiger partial charge in [-0.1, -0.05) is 12.1 Å². The number of benzene rings is 1. The number of rotatable bonds is 1. The molecule has 2 heterocycles. The van der Waals surface area contributed by atoms with Crippen LogP contribution in [0.3, 0.4) is 0 Å². The molecule has 1 aromatic carbocycles. The van der Waals surface area contributed by atoms with Gasteiger partial charge >= 0.3 is 0 Å². The smallest absolute Gasteiger partial charge is 0.138 e. The number of hydrogen-bond donors (Lipinski definition) is 1. The summed E-state index contributed by atoms with van der Waals surface area (Å²) in [4.78, 5) is 4.34. The Labute approximate surface area is 98.5 Å². The van der Waals surface area contributed by atoms with Crippen molar-refractivity contribution in [2.75, 3.05) is 0 Å². The highest BCUT2D eigenvalue weighted by molar-refractivity contribution is 5.59. The first-order valence-corrected chi connectivity index (χ1v) is 5.76. The van der Waals surface area contributed by atoms with Crippen molar-refractivity contribution in [3.05, 3.63) is 42.1 Å². The maximum absolute atomic E-state index is 13.6. The van der Waals surface area contributed by atoms with Crippen molar-refractivity contribution in [1.82, 2.24) is 9.55 Å². The predicted octanol–water partition coefficient (Wildman–Crippen LogP) is 2.52. The highest BCUT2D eigenvalue weighted by Crippen LogP contribution is 2.28. The van der Waals surface area contributed by atoms with Crippen LogP contribution >= 0.6 is 0 Å². The fraction of sp³-hybridized carbons (Fsp3) is 0.308. The molecule has 0 saturated heterocycles. The van der Waals surface area contributed by atoms with Gasteiger partial charge in [0.25, 0.3) is 0 Å². The molecule has 1 aliphatic heterocycles. The van der Waals surface area contributed by atoms with Gasteiger partial charge in [0.1, 0.15) is 17.7 Å². The molecular weight excluding hydrogens is 219 g/mol. The van der Waals surface area contributed by atoms with Crippen molar-refractivity contribution in [2.45, 2.75) is 25.5 Å². The van der Waals surface area contributed by atoms with Gasteiger partial charge in [0, 0.05) is 18.3 Å². The average Bonchev–Trinajstić information content (AvgIpc) is 2.75. The minimum atomic E-state index is -0.524. The predicted molar refractivity (Wildman–Crippen MR) is 61.8 cm³/mol. The average molecular weight is 232 g/mol. The number of aryl methyl sites for hydroxylation is 1. The molecule has 0 amide bonds. The van der Waals surface area contributed by atoms with Crippen LogP contribution in [0.25, 0.3) is 11.3 Å². The molecule has 3 nitrogen and oxygen atoms in total. The van der Waals surface area contributed by atoms with Gasteiger partial charge in [-0.25, -0.2) is 9.37 Å². The van der Waals surface area contributed by atoms with Gasteiger partial charge in [0.15, 0.2) is 0 Å². The topological polar surface area (TPSA) is 38.0 Å². The van der Waals surface area contributed by atoms with Crippen LogP contribution in [0.5, 0.6) is 0 Å². The standard InChI is InChI=1S/C13H13FN2O/c14-10-5-2-1-4-9(10)11-8-16-7-3-6-12(17)13(16)15-11/h1-2,4-5,8,12,17H,3,6-7H2/t12-/m1/s1. The van der Waals surface area contributed by atoms with E-state index in [1.165, 1.54) is 6.07 Å². The third-order valence-electron chi connectivity index (χ3n) is 3.13. The lowest BCUT2D eigenvalue weighted by atomic mass is 10.1. The molecule has 88 valence electrons. The van der Waals surface area contributed by atoms with Crippen LogP contribution in [0.4, 0.5) is 4.39 Å². The SMILES string of the molecule is O[C@@H]1CCCn2cc(-c3ccccc3F)nc21. The van der Waals surface area contributed by atoms with Crippen molar-refractivity contribution in [2.24, 2.45) is 0 Å². The van der Waals surface area contributed by atoms with Gasteiger partial charge < -0.3 is 9.67 Å². The first-order chi connectivity index (χ1) is 8.25. The van der Waals surface area contributed by atoms with Crippen LogP contribution < -0.4 is 0 Å². The summed E-state index contributed by atoms with van der Waals surface area (Å²) < 4.78 is 15.5. The van der Waals surface area contributed by atoms with Crippen molar-refractivity contribution >= 4 is 0 Å². The van der Waals surface area contributed by atoms with Gasteiger partial charge in [-0.05, 0) is 25.0 Å². The Morgan fingerprint density at radius 3 is 2.94 bits per heavy atom. The molecule has 0 fully saturated rings. The van der Waals surface area contributed by atoms with Crippen LogP contribution in [0.2, 0.25) is 0 Å². The summed E-state index contributed by atoms with van der Waals surface area (Å²) in [6.07, 6.45) is 2.95. The normalized spacial score (nSPS) is 19.1. The second-order valence-electron chi connectivity index (χ2n) is 4.32. The van der Waals surface area contributed by atoms with Crippen molar-refractivity contribution in [1.29, 1.82) is 0 Å². The van der Waals surface area contributed by atoms with Gasteiger partial charge in [0.2, 0.25) is 0 Å². The maximum Gasteiger partial charge on any atom is 0.138 e. The summed E-state index contributed by atoms with van der Waals surface area (Å²) in [5.74, 6) is 0.368. The molecule has 3 rings (SSSR count). The Morgan fingerprint density at radius 2 is 2.18 bits per heavy atom. The Morgan fingerprint density at radius 1 is 1.35 bits per heavy atom. The van der Waals surface area contributed by atoms with Gasteiger partial charge in [0.05, 0.1) is 5.69 Å². The number of aromatic nitrogens is 2. The Hall–Kier alpha value is -1.68. The van der Waals surface area contributed by atoms with E-state index in [-0.39, 0.29) is 5.82 Å². The summed E-state index contributed by atoms with van der Waals surface area (Å²) in [6, 6.07) is 6.57. The lowest BCUT2D eigenvalue weighted by molar-refractivity contribution is 0.134. The lowest BCUT2D eigenvalue weighted by Crippen LogP contribution is -2.14. The third kappa shape index (κ3) is 1.74. The summed E-state index contributed by atoms with van der Waals surface area (Å²) in [5.41, 5.74) is 1.08. The molecule has 0 bridgehead atoms. The Balaban J connectivity index is 2.08. The fourth-order valence-corrected chi connectivity index (χ4v) is 2.26. The molecule has 1 aromatic heterocycles. The van der Waals surface area contributed by atoms with E-state index in [9.17, 15) is 9.50 Å². The molecule has 2 aromatic rings. The monoisotopic (exact) mass is 232 g/mol. The zero-order valence-corrected chi connectivity index (χ0v) is 9.31. The van der Waals surface area contributed by atoms with Crippen molar-refractivity contribution in [3.63, 3.8) is 0 Å². The molecule has 0 aliphatic carbocycles. The van der Waals surface area contributed by atoms with Gasteiger partial charge in [-0.2, -0.15) is 0 Å². The lowest BCUT2D eigenvalue weighted by Gasteiger charge is -2.18. The molecule has 0 spiro atoms. The summed E-state index contributed by atoms with van der Waals surface area (Å²) in [5, 5.41) is 9.81. The van der Waals surface area contributed by atoms with E-state index in [4.69, 9.17) is 0 Å². The number of halogens is 1. The van der Waals surface area contributed by atoms with E-state index in [1.807, 2.05) is 10.8 Å².